The van der Waals surface area contributed by atoms with E-state index in [0.717, 1.165) is 48.8 Å². The topological polar surface area (TPSA) is 59.1 Å². The normalized spacial score (nSPS) is 22.7. The predicted molar refractivity (Wildman–Crippen MR) is 134 cm³/mol. The van der Waals surface area contributed by atoms with Crippen molar-refractivity contribution in [2.75, 3.05) is 0 Å². The molecule has 1 fully saturated rings. The molecule has 3 nitrogen and oxygen atoms in total. The number of aliphatic hydroxyl groups excluding tert-OH is 1. The first-order valence-corrected chi connectivity index (χ1v) is 11.4. The Kier molecular flexibility index (Phi) is 6.96. The second-order valence-electron chi connectivity index (χ2n) is 9.83. The van der Waals surface area contributed by atoms with E-state index in [2.05, 4.69) is 68.1 Å². The predicted octanol–water partition coefficient (Wildman–Crippen LogP) is 5.91. The molecule has 0 atom stereocenters. The highest BCUT2D eigenvalue weighted by Crippen LogP contribution is 2.58. The van der Waals surface area contributed by atoms with E-state index in [1.165, 1.54) is 16.7 Å². The summed E-state index contributed by atoms with van der Waals surface area (Å²) >= 11 is 0. The van der Waals surface area contributed by atoms with E-state index in [4.69, 9.17) is 5.73 Å². The third-order valence-electron chi connectivity index (χ3n) is 7.44. The van der Waals surface area contributed by atoms with Gasteiger partial charge in [0.2, 0.25) is 0 Å². The van der Waals surface area contributed by atoms with Crippen molar-refractivity contribution in [2.24, 2.45) is 11.1 Å². The van der Waals surface area contributed by atoms with Crippen LogP contribution in [-0.2, 0) is 11.8 Å². The lowest BCUT2D eigenvalue weighted by molar-refractivity contribution is 0.0289. The van der Waals surface area contributed by atoms with Crippen LogP contribution in [0, 0.1) is 17.3 Å². The van der Waals surface area contributed by atoms with Gasteiger partial charge in [0.1, 0.15) is 0 Å². The third-order valence-corrected chi connectivity index (χ3v) is 7.44. The van der Waals surface area contributed by atoms with Crippen LogP contribution in [0.25, 0.3) is 11.1 Å². The molecule has 168 valence electrons. The SMILES string of the molecule is C=C(C)C(=C)N.CC#Cc1cncc(-c2ccc3c(c2)C(C)(C)C2(CCC(O)CC2)C3)c1. The van der Waals surface area contributed by atoms with Crippen molar-refractivity contribution in [3.63, 3.8) is 0 Å². The molecule has 32 heavy (non-hydrogen) atoms. The van der Waals surface area contributed by atoms with Crippen molar-refractivity contribution >= 4 is 0 Å². The van der Waals surface area contributed by atoms with Crippen molar-refractivity contribution in [1.29, 1.82) is 0 Å². The number of hydrogen-bond donors (Lipinski definition) is 2. The molecule has 1 aromatic heterocycles. The smallest absolute Gasteiger partial charge is 0.0540 e. The summed E-state index contributed by atoms with van der Waals surface area (Å²) in [5.41, 5.74) is 13.2. The number of nitrogens with two attached hydrogens (primary N) is 1. The van der Waals surface area contributed by atoms with Gasteiger partial charge in [-0.3, -0.25) is 4.98 Å². The average Bonchev–Trinajstić information content (AvgIpc) is 2.97. The van der Waals surface area contributed by atoms with E-state index < -0.39 is 0 Å². The molecule has 0 amide bonds. The van der Waals surface area contributed by atoms with Gasteiger partial charge in [-0.05, 0) is 85.1 Å². The van der Waals surface area contributed by atoms with Crippen LogP contribution in [0.4, 0.5) is 0 Å². The molecule has 1 spiro atoms. The van der Waals surface area contributed by atoms with Crippen molar-refractivity contribution in [2.45, 2.75) is 71.3 Å². The fourth-order valence-electron chi connectivity index (χ4n) is 5.13. The molecule has 0 aliphatic heterocycles. The van der Waals surface area contributed by atoms with Gasteiger partial charge in [-0.1, -0.05) is 51.1 Å². The van der Waals surface area contributed by atoms with Crippen LogP contribution in [0.2, 0.25) is 0 Å². The number of rotatable bonds is 2. The van der Waals surface area contributed by atoms with Gasteiger partial charge in [0, 0.05) is 29.2 Å². The average molecular weight is 429 g/mol. The maximum Gasteiger partial charge on any atom is 0.0540 e. The molecule has 2 aromatic rings. The van der Waals surface area contributed by atoms with E-state index in [1.54, 1.807) is 0 Å². The zero-order valence-corrected chi connectivity index (χ0v) is 20.0. The summed E-state index contributed by atoms with van der Waals surface area (Å²) in [6, 6.07) is 9.03. The molecule has 0 radical (unpaired) electrons. The molecule has 0 bridgehead atoms. The monoisotopic (exact) mass is 428 g/mol. The summed E-state index contributed by atoms with van der Waals surface area (Å²) in [5, 5.41) is 9.98. The van der Waals surface area contributed by atoms with Gasteiger partial charge in [0.15, 0.2) is 0 Å². The molecule has 2 aliphatic rings. The fraction of sp³-hybridized carbons (Fsp3) is 0.414. The van der Waals surface area contributed by atoms with Crippen LogP contribution in [0.5, 0.6) is 0 Å². The zero-order valence-electron chi connectivity index (χ0n) is 20.0. The Hall–Kier alpha value is -2.83. The summed E-state index contributed by atoms with van der Waals surface area (Å²) in [6.07, 6.45) is 8.89. The minimum Gasteiger partial charge on any atom is -0.399 e. The van der Waals surface area contributed by atoms with Gasteiger partial charge in [-0.25, -0.2) is 0 Å². The van der Waals surface area contributed by atoms with Crippen molar-refractivity contribution in [3.8, 4) is 23.0 Å². The number of aliphatic hydroxyl groups is 1. The van der Waals surface area contributed by atoms with Crippen LogP contribution in [-0.4, -0.2) is 16.2 Å². The van der Waals surface area contributed by atoms with Crippen LogP contribution >= 0.6 is 0 Å². The van der Waals surface area contributed by atoms with Crippen molar-refractivity contribution < 1.29 is 5.11 Å². The molecule has 0 unspecified atom stereocenters. The molecule has 3 heteroatoms. The molecule has 4 rings (SSSR count). The standard InChI is InChI=1S/C24H27NO.C5H9N/c1-4-5-17-12-20(16-25-15-17)18-6-7-19-14-24(10-8-21(26)9-11-24)23(2,3)22(19)13-18;1-4(2)5(3)6/h6-7,12-13,15-16,21,26H,8-11,14H2,1-3H3;1,3,6H2,2H3. The van der Waals surface area contributed by atoms with Crippen molar-refractivity contribution in [1.82, 2.24) is 4.98 Å². The zero-order chi connectivity index (χ0) is 23.5. The first-order valence-electron chi connectivity index (χ1n) is 11.4. The minimum atomic E-state index is -0.107. The summed E-state index contributed by atoms with van der Waals surface area (Å²) in [6.45, 7) is 15.4. The lowest BCUT2D eigenvalue weighted by atomic mass is 9.59. The highest BCUT2D eigenvalue weighted by molar-refractivity contribution is 5.67. The molecule has 2 aliphatic carbocycles. The Bertz CT molecular complexity index is 1060. The molecule has 0 saturated heterocycles. The number of aromatic nitrogens is 1. The Morgan fingerprint density at radius 2 is 1.78 bits per heavy atom. The maximum absolute atomic E-state index is 9.98. The van der Waals surface area contributed by atoms with E-state index in [9.17, 15) is 5.11 Å². The summed E-state index contributed by atoms with van der Waals surface area (Å²) in [4.78, 5) is 4.37. The molecular formula is C29H36N2O. The van der Waals surface area contributed by atoms with E-state index in [0.29, 0.717) is 11.1 Å². The van der Waals surface area contributed by atoms with Crippen molar-refractivity contribution in [3.05, 3.63) is 77.8 Å². The lowest BCUT2D eigenvalue weighted by Crippen LogP contribution is -2.42. The maximum atomic E-state index is 9.98. The second kappa shape index (κ2) is 9.35. The highest BCUT2D eigenvalue weighted by atomic mass is 16.3. The van der Waals surface area contributed by atoms with Gasteiger partial charge in [0.25, 0.3) is 0 Å². The number of nitrogens with zero attached hydrogens (tertiary/aromatic N) is 1. The van der Waals surface area contributed by atoms with Gasteiger partial charge >= 0.3 is 0 Å². The van der Waals surface area contributed by atoms with Gasteiger partial charge in [-0.2, -0.15) is 0 Å². The Labute approximate surface area is 193 Å². The van der Waals surface area contributed by atoms with Gasteiger partial charge < -0.3 is 10.8 Å². The lowest BCUT2D eigenvalue weighted by Gasteiger charge is -2.46. The van der Waals surface area contributed by atoms with Crippen LogP contribution in [0.3, 0.4) is 0 Å². The largest absolute Gasteiger partial charge is 0.399 e. The third kappa shape index (κ3) is 4.66. The number of allylic oxidation sites excluding steroid dienone is 1. The van der Waals surface area contributed by atoms with Gasteiger partial charge in [-0.15, -0.1) is 5.92 Å². The first kappa shape index (κ1) is 23.8. The Morgan fingerprint density at radius 1 is 1.12 bits per heavy atom. The van der Waals surface area contributed by atoms with E-state index in [-0.39, 0.29) is 11.5 Å². The minimum absolute atomic E-state index is 0.107. The van der Waals surface area contributed by atoms with Crippen LogP contribution < -0.4 is 5.73 Å². The number of hydrogen-bond acceptors (Lipinski definition) is 3. The van der Waals surface area contributed by atoms with Crippen LogP contribution in [0.1, 0.15) is 70.1 Å². The Balaban J connectivity index is 0.000000427. The Morgan fingerprint density at radius 3 is 2.38 bits per heavy atom. The van der Waals surface area contributed by atoms with E-state index >= 15 is 0 Å². The molecule has 1 heterocycles. The summed E-state index contributed by atoms with van der Waals surface area (Å²) in [7, 11) is 0. The second-order valence-corrected chi connectivity index (χ2v) is 9.83. The first-order chi connectivity index (χ1) is 15.1. The fourth-order valence-corrected chi connectivity index (χ4v) is 5.13. The molecule has 1 aromatic carbocycles. The van der Waals surface area contributed by atoms with Gasteiger partial charge in [0.05, 0.1) is 6.10 Å². The highest BCUT2D eigenvalue weighted by Gasteiger charge is 2.52. The number of pyridine rings is 1. The molecule has 3 N–H and O–H groups in total. The quantitative estimate of drug-likeness (QED) is 0.462. The summed E-state index contributed by atoms with van der Waals surface area (Å²) in [5.74, 6) is 6.05. The summed E-state index contributed by atoms with van der Waals surface area (Å²) < 4.78 is 0. The number of fused-ring (bicyclic) bond motifs is 1. The van der Waals surface area contributed by atoms with E-state index in [1.807, 2.05) is 26.2 Å². The van der Waals surface area contributed by atoms with Crippen LogP contribution in [0.15, 0.2) is 61.1 Å². The molecule has 1 saturated carbocycles. The number of benzene rings is 1. The molecular weight excluding hydrogens is 392 g/mol.